The molecule has 0 bridgehead atoms. The summed E-state index contributed by atoms with van der Waals surface area (Å²) in [7, 11) is 0. The Hall–Kier alpha value is -3.91. The number of fused-ring (bicyclic) bond motifs is 3. The third-order valence-corrected chi connectivity index (χ3v) is 13.6. The molecule has 311 valence electrons. The van der Waals surface area contributed by atoms with E-state index in [4.69, 9.17) is 0 Å². The summed E-state index contributed by atoms with van der Waals surface area (Å²) in [5.74, 6) is 0.286. The van der Waals surface area contributed by atoms with Crippen molar-refractivity contribution < 1.29 is 47.7 Å². The molecule has 6 aromatic rings. The average molecular weight is 987 g/mol. The number of rotatable bonds is 9. The van der Waals surface area contributed by atoms with Crippen LogP contribution in [0.1, 0.15) is 110 Å². The van der Waals surface area contributed by atoms with Crippen LogP contribution < -0.4 is 4.57 Å². The Morgan fingerprint density at radius 3 is 1.97 bits per heavy atom. The van der Waals surface area contributed by atoms with Gasteiger partial charge < -0.3 is 5.11 Å². The number of carbonyl (C=O) groups excluding carboxylic acids is 1. The molecule has 2 heterocycles. The summed E-state index contributed by atoms with van der Waals surface area (Å²) in [6, 6.07) is 23.8. The summed E-state index contributed by atoms with van der Waals surface area (Å²) in [6.45, 7) is 24.4. The number of ketones is 1. The summed E-state index contributed by atoms with van der Waals surface area (Å²) in [5.41, 5.74) is 5.35. The zero-order valence-electron chi connectivity index (χ0n) is 35.9. The van der Waals surface area contributed by atoms with Gasteiger partial charge in [0, 0.05) is 47.5 Å². The van der Waals surface area contributed by atoms with Crippen LogP contribution in [-0.4, -0.2) is 15.9 Å². The number of thiophene rings is 1. The van der Waals surface area contributed by atoms with Crippen molar-refractivity contribution in [2.75, 3.05) is 0 Å². The maximum absolute atomic E-state index is 14.4. The van der Waals surface area contributed by atoms with E-state index in [-0.39, 0.29) is 53.4 Å². The van der Waals surface area contributed by atoms with E-state index in [0.29, 0.717) is 26.1 Å². The van der Waals surface area contributed by atoms with Gasteiger partial charge >= 0.3 is 6.30 Å². The van der Waals surface area contributed by atoms with Crippen LogP contribution in [0.15, 0.2) is 78.8 Å². The van der Waals surface area contributed by atoms with Crippen molar-refractivity contribution in [1.29, 1.82) is 0 Å². The third kappa shape index (κ3) is 8.97. The number of allylic oxidation sites excluding steroid dienone is 2. The Balaban J connectivity index is 0.000000353. The van der Waals surface area contributed by atoms with Gasteiger partial charge in [0.2, 0.25) is 0 Å². The minimum absolute atomic E-state index is 0. The molecule has 6 rings (SSSR count). The van der Waals surface area contributed by atoms with Gasteiger partial charge in [-0.15, -0.1) is 58.2 Å². The van der Waals surface area contributed by atoms with E-state index in [1.807, 2.05) is 84.9 Å². The monoisotopic (exact) mass is 987 g/mol. The van der Waals surface area contributed by atoms with Gasteiger partial charge in [-0.25, -0.2) is 0 Å². The zero-order valence-corrected chi connectivity index (χ0v) is 39.1. The number of hydrogen-bond donors (Lipinski definition) is 1. The maximum Gasteiger partial charge on any atom is 0.567 e. The molecule has 0 aliphatic rings. The van der Waals surface area contributed by atoms with Gasteiger partial charge in [0.15, 0.2) is 11.3 Å². The van der Waals surface area contributed by atoms with Gasteiger partial charge in [-0.2, -0.15) is 0 Å². The first-order chi connectivity index (χ1) is 26.6. The van der Waals surface area contributed by atoms with Gasteiger partial charge in [0.05, 0.1) is 4.70 Å². The quantitative estimate of drug-likeness (QED) is 0.0680. The van der Waals surface area contributed by atoms with E-state index in [0.717, 1.165) is 80.7 Å². The number of aliphatic hydroxyl groups is 1. The normalized spacial score (nSPS) is 12.8. The van der Waals surface area contributed by atoms with Crippen molar-refractivity contribution >= 4 is 48.9 Å². The van der Waals surface area contributed by atoms with E-state index < -0.39 is 6.30 Å². The van der Waals surface area contributed by atoms with Crippen molar-refractivity contribution in [2.24, 2.45) is 10.8 Å². The molecule has 2 aromatic heterocycles. The smallest absolute Gasteiger partial charge is 0.512 e. The van der Waals surface area contributed by atoms with E-state index in [9.17, 15) is 23.1 Å². The molecule has 0 aliphatic heterocycles. The zero-order chi connectivity index (χ0) is 42.2. The molecule has 0 unspecified atom stereocenters. The number of hydrogen-bond acceptors (Lipinski definition) is 4. The topological polar surface area (TPSA) is 54.1 Å². The molecule has 0 amide bonds. The Bertz CT molecular complexity index is 2480. The number of aliphatic hydroxyl groups excluding tert-OH is 1. The molecule has 1 N–H and O–H groups in total. The SMILES string of the molecule is CCC(C)(CC)C(=O)/C=C(\O)C(C)(CC)CC.Cc1cc2ccccc2c(C)c1-c1sc2c(-c3[c-]c4ccccc4c(C(C)(C)C)c3)nc[n+](C(F)(F)F)c2c1C.[Ir]. The van der Waals surface area contributed by atoms with Crippen LogP contribution in [-0.2, 0) is 36.6 Å². The Labute approximate surface area is 360 Å². The van der Waals surface area contributed by atoms with Crippen LogP contribution in [0.5, 0.6) is 0 Å². The van der Waals surface area contributed by atoms with Crippen LogP contribution in [0.25, 0.3) is 53.5 Å². The fraction of sp³-hybridized carbons (Fsp3) is 0.408. The van der Waals surface area contributed by atoms with E-state index in [1.165, 1.54) is 17.4 Å². The Morgan fingerprint density at radius 2 is 1.40 bits per heavy atom. The van der Waals surface area contributed by atoms with Crippen LogP contribution in [0, 0.1) is 37.7 Å². The number of benzene rings is 4. The maximum atomic E-state index is 14.4. The Kier molecular flexibility index (Phi) is 14.3. The fourth-order valence-corrected chi connectivity index (χ4v) is 9.00. The largest absolute Gasteiger partial charge is 0.567 e. The van der Waals surface area contributed by atoms with E-state index in [2.05, 4.69) is 63.0 Å². The number of halogens is 3. The first kappa shape index (κ1) is 46.8. The third-order valence-electron chi connectivity index (χ3n) is 12.3. The van der Waals surface area contributed by atoms with Gasteiger partial charge in [0.25, 0.3) is 6.33 Å². The van der Waals surface area contributed by atoms with Gasteiger partial charge in [0.1, 0.15) is 11.5 Å². The summed E-state index contributed by atoms with van der Waals surface area (Å²) in [4.78, 5) is 17.5. The molecule has 0 aliphatic carbocycles. The molecule has 4 aromatic carbocycles. The number of aryl methyl sites for hydroxylation is 3. The number of alkyl halides is 3. The van der Waals surface area contributed by atoms with Crippen molar-refractivity contribution in [3.05, 3.63) is 107 Å². The molecule has 0 fully saturated rings. The second-order valence-electron chi connectivity index (χ2n) is 16.9. The van der Waals surface area contributed by atoms with E-state index in [1.54, 1.807) is 6.92 Å². The second kappa shape index (κ2) is 17.7. The molecule has 0 saturated carbocycles. The predicted octanol–water partition coefficient (Wildman–Crippen LogP) is 14.4. The van der Waals surface area contributed by atoms with Gasteiger partial charge in [-0.3, -0.25) is 4.79 Å². The minimum Gasteiger partial charge on any atom is -0.512 e. The summed E-state index contributed by atoms with van der Waals surface area (Å²) in [6.07, 6.45) is 1.06. The standard InChI is InChI=1S/C34H29F3N2S.C15H28O2.Ir/c1-19-15-22-11-7-9-13-25(22)20(2)28(19)31-21(3)30-32(40-31)29(38-18-39(30)34(35,36)37)24-16-23-12-8-10-14-26(23)27(17-24)33(4,5)6;1-7-14(5,8-2)12(16)11-13(17)15(6,9-3)10-4;/h7-15,17-18H,1-6H3;11,16H,7-10H2,1-6H3;/b;12-11-;. The number of nitrogens with zero attached hydrogens (tertiary/aromatic N) is 2. The van der Waals surface area contributed by atoms with Gasteiger partial charge in [-0.1, -0.05) is 127 Å². The second-order valence-corrected chi connectivity index (χ2v) is 17.9. The first-order valence-corrected chi connectivity index (χ1v) is 20.8. The molecule has 1 radical (unpaired) electrons. The van der Waals surface area contributed by atoms with Crippen molar-refractivity contribution in [3.8, 4) is 21.7 Å². The number of aromatic nitrogens is 2. The minimum atomic E-state index is -4.61. The molecule has 0 atom stereocenters. The molecule has 0 saturated heterocycles. The Morgan fingerprint density at radius 1 is 0.828 bits per heavy atom. The van der Waals surface area contributed by atoms with Crippen LogP contribution in [0.4, 0.5) is 13.2 Å². The van der Waals surface area contributed by atoms with Crippen LogP contribution in [0.3, 0.4) is 0 Å². The molecule has 4 nitrogen and oxygen atoms in total. The summed E-state index contributed by atoms with van der Waals surface area (Å²) < 4.78 is 43.9. The summed E-state index contributed by atoms with van der Waals surface area (Å²) >= 11 is 1.38. The average Bonchev–Trinajstić information content (AvgIpc) is 3.51. The van der Waals surface area contributed by atoms with Crippen molar-refractivity contribution in [2.45, 2.75) is 120 Å². The fourth-order valence-electron chi connectivity index (χ4n) is 7.52. The molecule has 58 heavy (non-hydrogen) atoms. The van der Waals surface area contributed by atoms with Crippen LogP contribution >= 0.6 is 11.3 Å². The van der Waals surface area contributed by atoms with E-state index >= 15 is 0 Å². The molecule has 9 heteroatoms. The molecular formula is C49H57F3IrN2O2S. The van der Waals surface area contributed by atoms with Crippen molar-refractivity contribution in [3.63, 3.8) is 0 Å². The first-order valence-electron chi connectivity index (χ1n) is 20.0. The summed E-state index contributed by atoms with van der Waals surface area (Å²) in [5, 5.41) is 14.4. The van der Waals surface area contributed by atoms with Gasteiger partial charge in [-0.05, 0) is 79.3 Å². The predicted molar refractivity (Wildman–Crippen MR) is 232 cm³/mol. The molecular weight excluding hydrogens is 930 g/mol. The number of carbonyl (C=O) groups is 1. The molecule has 0 spiro atoms. The van der Waals surface area contributed by atoms with Crippen LogP contribution in [0.2, 0.25) is 0 Å². The van der Waals surface area contributed by atoms with Crippen molar-refractivity contribution in [1.82, 2.24) is 4.98 Å².